The quantitative estimate of drug-likeness (QED) is 0.791. The van der Waals surface area contributed by atoms with Gasteiger partial charge in [0.05, 0.1) is 6.33 Å². The molecule has 0 saturated carbocycles. The van der Waals surface area contributed by atoms with E-state index in [-0.39, 0.29) is 0 Å². The van der Waals surface area contributed by atoms with Crippen molar-refractivity contribution in [2.75, 3.05) is 6.54 Å². The molecule has 4 heteroatoms. The molecule has 0 aliphatic rings. The van der Waals surface area contributed by atoms with Crippen molar-refractivity contribution in [1.29, 1.82) is 0 Å². The molecule has 0 amide bonds. The molecule has 0 saturated heterocycles. The third kappa shape index (κ3) is 3.75. The van der Waals surface area contributed by atoms with Gasteiger partial charge in [0.25, 0.3) is 0 Å². The Morgan fingerprint density at radius 3 is 2.88 bits per heavy atom. The van der Waals surface area contributed by atoms with E-state index in [0.29, 0.717) is 0 Å². The van der Waals surface area contributed by atoms with Crippen LogP contribution in [0.15, 0.2) is 37.2 Å². The Balaban J connectivity index is 1.73. The third-order valence-electron chi connectivity index (χ3n) is 2.78. The summed E-state index contributed by atoms with van der Waals surface area (Å²) >= 11 is 0. The van der Waals surface area contributed by atoms with Gasteiger partial charge in [0.15, 0.2) is 0 Å². The predicted octanol–water partition coefficient (Wildman–Crippen LogP) is 1.88. The lowest BCUT2D eigenvalue weighted by Gasteiger charge is -2.04. The Morgan fingerprint density at radius 2 is 2.12 bits per heavy atom. The summed E-state index contributed by atoms with van der Waals surface area (Å²) < 4.78 is 4.37. The van der Waals surface area contributed by atoms with E-state index in [2.05, 4.69) is 44.8 Å². The van der Waals surface area contributed by atoms with Crippen molar-refractivity contribution in [2.24, 2.45) is 0 Å². The lowest BCUT2D eigenvalue weighted by Crippen LogP contribution is -2.11. The van der Waals surface area contributed by atoms with Crippen LogP contribution in [-0.2, 0) is 19.6 Å². The molecule has 2 heterocycles. The number of hydrogen-bond acceptors (Lipinski definition) is 2. The van der Waals surface area contributed by atoms with Gasteiger partial charge in [0, 0.05) is 44.4 Å². The SMILES string of the molecule is CCNCc1ccn(CCCn2ccnc2)c1. The average Bonchev–Trinajstić information content (AvgIpc) is 2.98. The van der Waals surface area contributed by atoms with E-state index in [9.17, 15) is 0 Å². The number of rotatable bonds is 7. The monoisotopic (exact) mass is 232 g/mol. The summed E-state index contributed by atoms with van der Waals surface area (Å²) in [6.07, 6.45) is 11.2. The predicted molar refractivity (Wildman–Crippen MR) is 68.7 cm³/mol. The molecule has 0 aliphatic heterocycles. The van der Waals surface area contributed by atoms with Crippen molar-refractivity contribution in [3.63, 3.8) is 0 Å². The number of imidazole rings is 1. The normalized spacial score (nSPS) is 10.9. The fraction of sp³-hybridized carbons (Fsp3) is 0.462. The molecule has 2 rings (SSSR count). The molecule has 0 radical (unpaired) electrons. The van der Waals surface area contributed by atoms with Crippen LogP contribution in [0.3, 0.4) is 0 Å². The van der Waals surface area contributed by atoms with Crippen LogP contribution in [0.5, 0.6) is 0 Å². The molecule has 92 valence electrons. The zero-order valence-corrected chi connectivity index (χ0v) is 10.3. The zero-order chi connectivity index (χ0) is 11.9. The van der Waals surface area contributed by atoms with E-state index >= 15 is 0 Å². The van der Waals surface area contributed by atoms with Gasteiger partial charge in [-0.15, -0.1) is 0 Å². The molecule has 0 aliphatic carbocycles. The van der Waals surface area contributed by atoms with Crippen molar-refractivity contribution in [3.8, 4) is 0 Å². The summed E-state index contributed by atoms with van der Waals surface area (Å²) in [6.45, 7) is 6.20. The minimum absolute atomic E-state index is 0.963. The van der Waals surface area contributed by atoms with E-state index in [1.54, 1.807) is 0 Å². The maximum Gasteiger partial charge on any atom is 0.0945 e. The second kappa shape index (κ2) is 6.25. The van der Waals surface area contributed by atoms with Gasteiger partial charge in [-0.25, -0.2) is 4.98 Å². The van der Waals surface area contributed by atoms with Crippen LogP contribution in [0.2, 0.25) is 0 Å². The summed E-state index contributed by atoms with van der Waals surface area (Å²) in [4.78, 5) is 4.03. The molecule has 2 aromatic heterocycles. The van der Waals surface area contributed by atoms with Gasteiger partial charge in [0.2, 0.25) is 0 Å². The molecule has 0 aromatic carbocycles. The number of aryl methyl sites for hydroxylation is 2. The smallest absolute Gasteiger partial charge is 0.0945 e. The lowest BCUT2D eigenvalue weighted by atomic mass is 10.3. The van der Waals surface area contributed by atoms with Gasteiger partial charge in [-0.3, -0.25) is 0 Å². The van der Waals surface area contributed by atoms with Gasteiger partial charge >= 0.3 is 0 Å². The first-order chi connectivity index (χ1) is 8.38. The fourth-order valence-corrected chi connectivity index (χ4v) is 1.86. The maximum atomic E-state index is 4.03. The molecule has 0 bridgehead atoms. The second-order valence-electron chi connectivity index (χ2n) is 4.19. The van der Waals surface area contributed by atoms with Crippen LogP contribution in [-0.4, -0.2) is 20.7 Å². The highest BCUT2D eigenvalue weighted by Crippen LogP contribution is 2.03. The van der Waals surface area contributed by atoms with Crippen molar-refractivity contribution >= 4 is 0 Å². The van der Waals surface area contributed by atoms with E-state index in [4.69, 9.17) is 0 Å². The van der Waals surface area contributed by atoms with E-state index < -0.39 is 0 Å². The molecule has 4 nitrogen and oxygen atoms in total. The number of nitrogens with zero attached hydrogens (tertiary/aromatic N) is 3. The molecule has 17 heavy (non-hydrogen) atoms. The summed E-state index contributed by atoms with van der Waals surface area (Å²) in [5.41, 5.74) is 1.36. The molecule has 0 spiro atoms. The minimum atomic E-state index is 0.963. The maximum absolute atomic E-state index is 4.03. The van der Waals surface area contributed by atoms with Gasteiger partial charge in [-0.1, -0.05) is 6.92 Å². The standard InChI is InChI=1S/C13H20N4/c1-2-14-10-13-4-8-16(11-13)6-3-7-17-9-5-15-12-17/h4-5,8-9,11-12,14H,2-3,6-7,10H2,1H3. The molecule has 2 aromatic rings. The van der Waals surface area contributed by atoms with Crippen molar-refractivity contribution < 1.29 is 0 Å². The Labute approximate surface area is 102 Å². The highest BCUT2D eigenvalue weighted by atomic mass is 15.0. The molecule has 0 unspecified atom stereocenters. The van der Waals surface area contributed by atoms with Crippen molar-refractivity contribution in [3.05, 3.63) is 42.7 Å². The summed E-state index contributed by atoms with van der Waals surface area (Å²) in [6, 6.07) is 2.18. The first-order valence-electron chi connectivity index (χ1n) is 6.19. The fourth-order valence-electron chi connectivity index (χ4n) is 1.86. The topological polar surface area (TPSA) is 34.8 Å². The summed E-state index contributed by atoms with van der Waals surface area (Å²) in [5, 5.41) is 3.33. The molecular weight excluding hydrogens is 212 g/mol. The van der Waals surface area contributed by atoms with Gasteiger partial charge in [-0.05, 0) is 24.6 Å². The van der Waals surface area contributed by atoms with Crippen LogP contribution < -0.4 is 5.32 Å². The van der Waals surface area contributed by atoms with Crippen LogP contribution in [0.4, 0.5) is 0 Å². The largest absolute Gasteiger partial charge is 0.354 e. The first-order valence-corrected chi connectivity index (χ1v) is 6.19. The summed E-state index contributed by atoms with van der Waals surface area (Å²) in [5.74, 6) is 0. The second-order valence-corrected chi connectivity index (χ2v) is 4.19. The lowest BCUT2D eigenvalue weighted by molar-refractivity contribution is 0.563. The number of aromatic nitrogens is 3. The Kier molecular flexibility index (Phi) is 4.38. The Hall–Kier alpha value is -1.55. The average molecular weight is 232 g/mol. The van der Waals surface area contributed by atoms with Crippen LogP contribution in [0, 0.1) is 0 Å². The van der Waals surface area contributed by atoms with E-state index in [1.807, 2.05) is 18.7 Å². The van der Waals surface area contributed by atoms with Crippen LogP contribution >= 0.6 is 0 Å². The van der Waals surface area contributed by atoms with Gasteiger partial charge in [-0.2, -0.15) is 0 Å². The number of nitrogens with one attached hydrogen (secondary N) is 1. The minimum Gasteiger partial charge on any atom is -0.354 e. The highest BCUT2D eigenvalue weighted by molar-refractivity contribution is 5.09. The molecule has 1 N–H and O–H groups in total. The van der Waals surface area contributed by atoms with Crippen LogP contribution in [0.1, 0.15) is 18.9 Å². The van der Waals surface area contributed by atoms with Gasteiger partial charge < -0.3 is 14.5 Å². The Morgan fingerprint density at radius 1 is 1.24 bits per heavy atom. The van der Waals surface area contributed by atoms with Crippen molar-refractivity contribution in [1.82, 2.24) is 19.4 Å². The molecule has 0 atom stereocenters. The Bertz CT molecular complexity index is 416. The zero-order valence-electron chi connectivity index (χ0n) is 10.3. The third-order valence-corrected chi connectivity index (χ3v) is 2.78. The summed E-state index contributed by atoms with van der Waals surface area (Å²) in [7, 11) is 0. The van der Waals surface area contributed by atoms with E-state index in [1.165, 1.54) is 5.56 Å². The van der Waals surface area contributed by atoms with E-state index in [0.717, 1.165) is 32.6 Å². The number of hydrogen-bond donors (Lipinski definition) is 1. The molecule has 0 fully saturated rings. The first kappa shape index (κ1) is 11.9. The van der Waals surface area contributed by atoms with Gasteiger partial charge in [0.1, 0.15) is 0 Å². The molecular formula is C13H20N4. The highest BCUT2D eigenvalue weighted by Gasteiger charge is 1.96. The van der Waals surface area contributed by atoms with Crippen molar-refractivity contribution in [2.45, 2.75) is 33.0 Å². The van der Waals surface area contributed by atoms with Crippen LogP contribution in [0.25, 0.3) is 0 Å².